The number of hydrogen-bond acceptors (Lipinski definition) is 2. The molecule has 0 radical (unpaired) electrons. The first-order valence-electron chi connectivity index (χ1n) is 5.43. The number of likely N-dealkylation sites (N-methyl/N-ethyl adjacent to an activating group) is 1. The van der Waals surface area contributed by atoms with E-state index in [0.29, 0.717) is 0 Å². The Morgan fingerprint density at radius 2 is 1.75 bits per heavy atom. The summed E-state index contributed by atoms with van der Waals surface area (Å²) >= 11 is 0. The number of benzene rings is 1. The van der Waals surface area contributed by atoms with E-state index in [1.54, 1.807) is 7.05 Å². The molecule has 0 atom stereocenters. The first kappa shape index (κ1) is 12.4. The van der Waals surface area contributed by atoms with Crippen molar-refractivity contribution < 1.29 is 9.59 Å². The Balaban J connectivity index is 2.81. The van der Waals surface area contributed by atoms with Gasteiger partial charge in [0.05, 0.1) is 0 Å². The third kappa shape index (κ3) is 2.92. The third-order valence-corrected chi connectivity index (χ3v) is 2.47. The quantitative estimate of drug-likeness (QED) is 0.728. The monoisotopic (exact) mass is 219 g/mol. The topological polar surface area (TPSA) is 37.4 Å². The molecule has 0 aromatic heterocycles. The van der Waals surface area contributed by atoms with Crippen LogP contribution in [0.4, 0.5) is 5.69 Å². The van der Waals surface area contributed by atoms with Crippen molar-refractivity contribution in [2.24, 2.45) is 0 Å². The number of hydrogen-bond donors (Lipinski definition) is 0. The fourth-order valence-corrected chi connectivity index (χ4v) is 1.53. The molecule has 0 unspecified atom stereocenters. The molecule has 1 amide bonds. The SMILES string of the molecule is CCCc1ccc(N(C)C(=O)C(C)=O)cc1. The molecule has 1 rings (SSSR count). The van der Waals surface area contributed by atoms with Gasteiger partial charge in [-0.15, -0.1) is 0 Å². The maximum absolute atomic E-state index is 11.4. The number of carbonyl (C=O) groups is 2. The molecule has 0 aliphatic carbocycles. The van der Waals surface area contributed by atoms with E-state index in [2.05, 4.69) is 6.92 Å². The van der Waals surface area contributed by atoms with E-state index in [1.165, 1.54) is 17.4 Å². The smallest absolute Gasteiger partial charge is 0.293 e. The third-order valence-electron chi connectivity index (χ3n) is 2.47. The van der Waals surface area contributed by atoms with Gasteiger partial charge in [0.15, 0.2) is 0 Å². The molecule has 0 aliphatic heterocycles. The number of Topliss-reactive ketones (excluding diaryl/α,β-unsaturated/α-hetero) is 1. The van der Waals surface area contributed by atoms with Crippen molar-refractivity contribution in [3.05, 3.63) is 29.8 Å². The van der Waals surface area contributed by atoms with E-state index in [0.717, 1.165) is 18.5 Å². The highest BCUT2D eigenvalue weighted by Gasteiger charge is 2.14. The van der Waals surface area contributed by atoms with E-state index >= 15 is 0 Å². The molecule has 0 fully saturated rings. The molecular weight excluding hydrogens is 202 g/mol. The molecule has 0 heterocycles. The summed E-state index contributed by atoms with van der Waals surface area (Å²) in [6.45, 7) is 3.41. The molecule has 0 N–H and O–H groups in total. The Morgan fingerprint density at radius 3 is 2.19 bits per heavy atom. The maximum atomic E-state index is 11.4. The molecule has 3 heteroatoms. The number of ketones is 1. The van der Waals surface area contributed by atoms with Crippen molar-refractivity contribution >= 4 is 17.4 Å². The van der Waals surface area contributed by atoms with Crippen molar-refractivity contribution in [2.75, 3.05) is 11.9 Å². The Kier molecular flexibility index (Phi) is 4.23. The van der Waals surface area contributed by atoms with Gasteiger partial charge in [-0.2, -0.15) is 0 Å². The van der Waals surface area contributed by atoms with Crippen LogP contribution in [0.3, 0.4) is 0 Å². The lowest BCUT2D eigenvalue weighted by Gasteiger charge is -2.15. The summed E-state index contributed by atoms with van der Waals surface area (Å²) in [7, 11) is 1.61. The largest absolute Gasteiger partial charge is 0.309 e. The summed E-state index contributed by atoms with van der Waals surface area (Å²) in [5, 5.41) is 0. The van der Waals surface area contributed by atoms with Crippen LogP contribution in [0, 0.1) is 0 Å². The van der Waals surface area contributed by atoms with E-state index in [9.17, 15) is 9.59 Å². The minimum atomic E-state index is -0.483. The molecule has 0 aliphatic rings. The van der Waals surface area contributed by atoms with Gasteiger partial charge in [-0.05, 0) is 24.1 Å². The summed E-state index contributed by atoms with van der Waals surface area (Å²) in [6, 6.07) is 7.71. The molecule has 86 valence electrons. The number of aryl methyl sites for hydroxylation is 1. The van der Waals surface area contributed by atoms with Crippen molar-refractivity contribution in [1.82, 2.24) is 0 Å². The van der Waals surface area contributed by atoms with Gasteiger partial charge in [0, 0.05) is 19.7 Å². The van der Waals surface area contributed by atoms with E-state index in [-0.39, 0.29) is 0 Å². The van der Waals surface area contributed by atoms with Gasteiger partial charge in [-0.3, -0.25) is 9.59 Å². The first-order valence-corrected chi connectivity index (χ1v) is 5.43. The van der Waals surface area contributed by atoms with Gasteiger partial charge in [-0.25, -0.2) is 0 Å². The van der Waals surface area contributed by atoms with Gasteiger partial charge in [0.2, 0.25) is 5.78 Å². The van der Waals surface area contributed by atoms with Crippen LogP contribution in [0.5, 0.6) is 0 Å². The minimum absolute atomic E-state index is 0.444. The molecule has 0 spiro atoms. The molecule has 0 bridgehead atoms. The van der Waals surface area contributed by atoms with Crippen LogP contribution in [-0.4, -0.2) is 18.7 Å². The Labute approximate surface area is 96.1 Å². The number of carbonyl (C=O) groups excluding carboxylic acids is 2. The van der Waals surface area contributed by atoms with Crippen molar-refractivity contribution in [3.8, 4) is 0 Å². The van der Waals surface area contributed by atoms with Crippen LogP contribution in [0.15, 0.2) is 24.3 Å². The first-order chi connectivity index (χ1) is 7.56. The predicted molar refractivity (Wildman–Crippen MR) is 64.5 cm³/mol. The number of rotatable bonds is 4. The van der Waals surface area contributed by atoms with Crippen LogP contribution < -0.4 is 4.90 Å². The lowest BCUT2D eigenvalue weighted by atomic mass is 10.1. The molecule has 16 heavy (non-hydrogen) atoms. The van der Waals surface area contributed by atoms with Crippen LogP contribution in [0.1, 0.15) is 25.8 Å². The fraction of sp³-hybridized carbons (Fsp3) is 0.385. The van der Waals surface area contributed by atoms with E-state index in [4.69, 9.17) is 0 Å². The molecule has 1 aromatic rings. The van der Waals surface area contributed by atoms with Crippen molar-refractivity contribution in [2.45, 2.75) is 26.7 Å². The molecular formula is C13H17NO2. The highest BCUT2D eigenvalue weighted by molar-refractivity contribution is 6.40. The molecule has 1 aromatic carbocycles. The van der Waals surface area contributed by atoms with Crippen molar-refractivity contribution in [1.29, 1.82) is 0 Å². The van der Waals surface area contributed by atoms with E-state index in [1.807, 2.05) is 24.3 Å². The average molecular weight is 219 g/mol. The Hall–Kier alpha value is -1.64. The van der Waals surface area contributed by atoms with E-state index < -0.39 is 11.7 Å². The summed E-state index contributed by atoms with van der Waals surface area (Å²) in [4.78, 5) is 23.7. The highest BCUT2D eigenvalue weighted by Crippen LogP contribution is 2.15. The van der Waals surface area contributed by atoms with Gasteiger partial charge in [-0.1, -0.05) is 25.5 Å². The van der Waals surface area contributed by atoms with Gasteiger partial charge in [0.25, 0.3) is 5.91 Å². The standard InChI is InChI=1S/C13H17NO2/c1-4-5-11-6-8-12(9-7-11)14(3)13(16)10(2)15/h6-9H,4-5H2,1-3H3. The minimum Gasteiger partial charge on any atom is -0.309 e. The Morgan fingerprint density at radius 1 is 1.19 bits per heavy atom. The summed E-state index contributed by atoms with van der Waals surface area (Å²) < 4.78 is 0. The van der Waals surface area contributed by atoms with Crippen molar-refractivity contribution in [3.63, 3.8) is 0 Å². The zero-order valence-corrected chi connectivity index (χ0v) is 9.99. The number of anilines is 1. The lowest BCUT2D eigenvalue weighted by Crippen LogP contribution is -2.31. The fourth-order valence-electron chi connectivity index (χ4n) is 1.53. The second-order valence-corrected chi connectivity index (χ2v) is 3.84. The normalized spacial score (nSPS) is 9.94. The zero-order chi connectivity index (χ0) is 12.1. The number of nitrogens with zero attached hydrogens (tertiary/aromatic N) is 1. The highest BCUT2D eigenvalue weighted by atomic mass is 16.2. The van der Waals surface area contributed by atoms with Crippen LogP contribution in [-0.2, 0) is 16.0 Å². The van der Waals surface area contributed by atoms with Crippen LogP contribution in [0.25, 0.3) is 0 Å². The maximum Gasteiger partial charge on any atom is 0.293 e. The van der Waals surface area contributed by atoms with Gasteiger partial charge in [0.1, 0.15) is 0 Å². The van der Waals surface area contributed by atoms with Gasteiger partial charge >= 0.3 is 0 Å². The summed E-state index contributed by atoms with van der Waals surface area (Å²) in [5.74, 6) is -0.927. The predicted octanol–water partition coefficient (Wildman–Crippen LogP) is 2.19. The summed E-state index contributed by atoms with van der Waals surface area (Å²) in [5.41, 5.74) is 2.00. The second-order valence-electron chi connectivity index (χ2n) is 3.84. The Bertz CT molecular complexity index is 381. The zero-order valence-electron chi connectivity index (χ0n) is 9.99. The van der Waals surface area contributed by atoms with Gasteiger partial charge < -0.3 is 4.90 Å². The average Bonchev–Trinajstić information content (AvgIpc) is 2.28. The van der Waals surface area contributed by atoms with Crippen LogP contribution in [0.2, 0.25) is 0 Å². The molecule has 0 saturated carbocycles. The molecule has 3 nitrogen and oxygen atoms in total. The summed E-state index contributed by atoms with van der Waals surface area (Å²) in [6.07, 6.45) is 2.13. The molecule has 0 saturated heterocycles. The lowest BCUT2D eigenvalue weighted by molar-refractivity contribution is -0.134. The van der Waals surface area contributed by atoms with Crippen LogP contribution >= 0.6 is 0 Å². The number of amides is 1. The second kappa shape index (κ2) is 5.45.